The smallest absolute Gasteiger partial charge is 0.449 e. The van der Waals surface area contributed by atoms with Crippen LogP contribution in [0.1, 0.15) is 24.0 Å². The highest BCUT2D eigenvalue weighted by atomic mass is 16.7. The molecular weight excluding hydrogens is 180 g/mol. The molecular formula is C11H12O3. The SMILES string of the molecule is O=C(O)Oc1ccc2c(c1)CCCC2. The zero-order valence-electron chi connectivity index (χ0n) is 7.82. The maximum atomic E-state index is 10.3. The predicted octanol–water partition coefficient (Wildman–Crippen LogP) is 2.62. The van der Waals surface area contributed by atoms with E-state index in [0.29, 0.717) is 5.75 Å². The molecule has 0 heterocycles. The van der Waals surface area contributed by atoms with Crippen LogP contribution >= 0.6 is 0 Å². The number of aryl methyl sites for hydroxylation is 2. The molecule has 0 bridgehead atoms. The fraction of sp³-hybridized carbons (Fsp3) is 0.364. The topological polar surface area (TPSA) is 46.5 Å². The second kappa shape index (κ2) is 3.70. The van der Waals surface area contributed by atoms with Gasteiger partial charge in [-0.05, 0) is 48.9 Å². The van der Waals surface area contributed by atoms with E-state index >= 15 is 0 Å². The highest BCUT2D eigenvalue weighted by molar-refractivity contribution is 5.61. The summed E-state index contributed by atoms with van der Waals surface area (Å²) < 4.78 is 4.60. The summed E-state index contributed by atoms with van der Waals surface area (Å²) in [4.78, 5) is 10.3. The molecule has 1 aliphatic rings. The first-order valence-corrected chi connectivity index (χ1v) is 4.78. The Labute approximate surface area is 82.3 Å². The molecule has 0 atom stereocenters. The van der Waals surface area contributed by atoms with E-state index in [1.54, 1.807) is 6.07 Å². The van der Waals surface area contributed by atoms with Gasteiger partial charge in [0.2, 0.25) is 0 Å². The van der Waals surface area contributed by atoms with Crippen molar-refractivity contribution in [1.29, 1.82) is 0 Å². The standard InChI is InChI=1S/C11H12O3/c12-11(13)14-10-6-5-8-3-1-2-4-9(8)7-10/h5-7H,1-4H2,(H,12,13). The maximum absolute atomic E-state index is 10.3. The Morgan fingerprint density at radius 1 is 1.21 bits per heavy atom. The van der Waals surface area contributed by atoms with E-state index in [-0.39, 0.29) is 0 Å². The van der Waals surface area contributed by atoms with E-state index < -0.39 is 6.16 Å². The monoisotopic (exact) mass is 192 g/mol. The largest absolute Gasteiger partial charge is 0.511 e. The number of hydrogen-bond acceptors (Lipinski definition) is 2. The first-order valence-electron chi connectivity index (χ1n) is 4.78. The third kappa shape index (κ3) is 1.87. The quantitative estimate of drug-likeness (QED) is 0.549. The van der Waals surface area contributed by atoms with Gasteiger partial charge in [0.15, 0.2) is 0 Å². The Hall–Kier alpha value is -1.51. The van der Waals surface area contributed by atoms with Crippen LogP contribution in [-0.2, 0) is 12.8 Å². The minimum absolute atomic E-state index is 0.429. The molecule has 0 fully saturated rings. The predicted molar refractivity (Wildman–Crippen MR) is 51.7 cm³/mol. The molecule has 0 aromatic heterocycles. The average molecular weight is 192 g/mol. The van der Waals surface area contributed by atoms with Crippen LogP contribution in [0.3, 0.4) is 0 Å². The highest BCUT2D eigenvalue weighted by Crippen LogP contribution is 2.25. The summed E-state index contributed by atoms with van der Waals surface area (Å²) in [6, 6.07) is 5.52. The second-order valence-electron chi connectivity index (χ2n) is 3.51. The summed E-state index contributed by atoms with van der Waals surface area (Å²) in [6.07, 6.45) is 3.30. The molecule has 0 saturated heterocycles. The summed E-state index contributed by atoms with van der Waals surface area (Å²) in [5.74, 6) is 0.429. The Morgan fingerprint density at radius 2 is 1.93 bits per heavy atom. The van der Waals surface area contributed by atoms with Gasteiger partial charge in [0.05, 0.1) is 0 Å². The van der Waals surface area contributed by atoms with Crippen LogP contribution < -0.4 is 4.74 Å². The van der Waals surface area contributed by atoms with Crippen molar-refractivity contribution in [3.05, 3.63) is 29.3 Å². The number of carbonyl (C=O) groups is 1. The summed E-state index contributed by atoms with van der Waals surface area (Å²) in [5, 5.41) is 8.45. The zero-order valence-corrected chi connectivity index (χ0v) is 7.82. The summed E-state index contributed by atoms with van der Waals surface area (Å²) >= 11 is 0. The molecule has 1 N–H and O–H groups in total. The van der Waals surface area contributed by atoms with Gasteiger partial charge in [-0.1, -0.05) is 6.07 Å². The van der Waals surface area contributed by atoms with Crippen molar-refractivity contribution >= 4 is 6.16 Å². The Bertz CT molecular complexity index is 358. The zero-order chi connectivity index (χ0) is 9.97. The van der Waals surface area contributed by atoms with Crippen molar-refractivity contribution in [2.75, 3.05) is 0 Å². The fourth-order valence-electron chi connectivity index (χ4n) is 1.87. The average Bonchev–Trinajstić information content (AvgIpc) is 2.17. The normalized spacial score (nSPS) is 14.6. The molecule has 1 aromatic carbocycles. The number of ether oxygens (including phenoxy) is 1. The van der Waals surface area contributed by atoms with Crippen molar-refractivity contribution in [3.8, 4) is 5.75 Å². The van der Waals surface area contributed by atoms with E-state index in [0.717, 1.165) is 12.8 Å². The van der Waals surface area contributed by atoms with Crippen molar-refractivity contribution in [3.63, 3.8) is 0 Å². The van der Waals surface area contributed by atoms with Gasteiger partial charge in [-0.25, -0.2) is 4.79 Å². The van der Waals surface area contributed by atoms with Gasteiger partial charge in [0.1, 0.15) is 5.75 Å². The molecule has 3 heteroatoms. The maximum Gasteiger partial charge on any atom is 0.511 e. The number of carboxylic acid groups (broad SMARTS) is 1. The molecule has 14 heavy (non-hydrogen) atoms. The fourth-order valence-corrected chi connectivity index (χ4v) is 1.87. The van der Waals surface area contributed by atoms with Gasteiger partial charge >= 0.3 is 6.16 Å². The lowest BCUT2D eigenvalue weighted by molar-refractivity contribution is 0.144. The second-order valence-corrected chi connectivity index (χ2v) is 3.51. The van der Waals surface area contributed by atoms with Crippen LogP contribution in [0.5, 0.6) is 5.75 Å². The molecule has 0 spiro atoms. The van der Waals surface area contributed by atoms with Crippen molar-refractivity contribution in [2.45, 2.75) is 25.7 Å². The minimum Gasteiger partial charge on any atom is -0.449 e. The number of benzene rings is 1. The number of fused-ring (bicyclic) bond motifs is 1. The Morgan fingerprint density at radius 3 is 2.64 bits per heavy atom. The lowest BCUT2D eigenvalue weighted by Gasteiger charge is -2.15. The highest BCUT2D eigenvalue weighted by Gasteiger charge is 2.10. The molecule has 74 valence electrons. The van der Waals surface area contributed by atoms with Crippen LogP contribution in [-0.4, -0.2) is 11.3 Å². The van der Waals surface area contributed by atoms with Gasteiger partial charge in [-0.2, -0.15) is 0 Å². The molecule has 0 unspecified atom stereocenters. The van der Waals surface area contributed by atoms with Crippen LogP contribution in [0.25, 0.3) is 0 Å². The first kappa shape index (κ1) is 9.06. The number of rotatable bonds is 1. The number of hydrogen-bond donors (Lipinski definition) is 1. The van der Waals surface area contributed by atoms with Gasteiger partial charge in [-0.15, -0.1) is 0 Å². The van der Waals surface area contributed by atoms with Gasteiger partial charge in [-0.3, -0.25) is 0 Å². The first-order chi connectivity index (χ1) is 6.75. The summed E-state index contributed by atoms with van der Waals surface area (Å²) in [7, 11) is 0. The van der Waals surface area contributed by atoms with Gasteiger partial charge in [0, 0.05) is 0 Å². The van der Waals surface area contributed by atoms with Gasteiger partial charge in [0.25, 0.3) is 0 Å². The van der Waals surface area contributed by atoms with Crippen LogP contribution in [0.15, 0.2) is 18.2 Å². The molecule has 2 rings (SSSR count). The lowest BCUT2D eigenvalue weighted by atomic mass is 9.92. The summed E-state index contributed by atoms with van der Waals surface area (Å²) in [6.45, 7) is 0. The van der Waals surface area contributed by atoms with Crippen LogP contribution in [0.2, 0.25) is 0 Å². The van der Waals surface area contributed by atoms with E-state index in [9.17, 15) is 4.79 Å². The Balaban J connectivity index is 2.24. The van der Waals surface area contributed by atoms with Crippen LogP contribution in [0.4, 0.5) is 4.79 Å². The molecule has 3 nitrogen and oxygen atoms in total. The molecule has 0 radical (unpaired) electrons. The molecule has 0 saturated carbocycles. The molecule has 0 aliphatic heterocycles. The van der Waals surface area contributed by atoms with E-state index in [2.05, 4.69) is 4.74 Å². The van der Waals surface area contributed by atoms with Crippen LogP contribution in [0, 0.1) is 0 Å². The van der Waals surface area contributed by atoms with E-state index in [1.165, 1.54) is 24.0 Å². The van der Waals surface area contributed by atoms with Crippen molar-refractivity contribution < 1.29 is 14.6 Å². The minimum atomic E-state index is -1.25. The van der Waals surface area contributed by atoms with Crippen molar-refractivity contribution in [1.82, 2.24) is 0 Å². The molecule has 1 aliphatic carbocycles. The Kier molecular flexibility index (Phi) is 2.39. The third-order valence-corrected chi connectivity index (χ3v) is 2.53. The van der Waals surface area contributed by atoms with Gasteiger partial charge < -0.3 is 9.84 Å². The third-order valence-electron chi connectivity index (χ3n) is 2.53. The summed E-state index contributed by atoms with van der Waals surface area (Å²) in [5.41, 5.74) is 2.56. The van der Waals surface area contributed by atoms with Crippen molar-refractivity contribution in [2.24, 2.45) is 0 Å². The molecule has 0 amide bonds. The van der Waals surface area contributed by atoms with E-state index in [4.69, 9.17) is 5.11 Å². The molecule has 1 aromatic rings. The lowest BCUT2D eigenvalue weighted by Crippen LogP contribution is -2.06. The van der Waals surface area contributed by atoms with E-state index in [1.807, 2.05) is 12.1 Å².